The summed E-state index contributed by atoms with van der Waals surface area (Å²) in [7, 11) is 0. The van der Waals surface area contributed by atoms with Gasteiger partial charge in [-0.15, -0.1) is 0 Å². The topological polar surface area (TPSA) is 51.8 Å². The predicted molar refractivity (Wildman–Crippen MR) is 227 cm³/mol. The molecule has 0 saturated heterocycles. The van der Waals surface area contributed by atoms with Gasteiger partial charge >= 0.3 is 0 Å². The fourth-order valence-corrected chi connectivity index (χ4v) is 8.08. The first-order valence-corrected chi connectivity index (χ1v) is 18.5. The smallest absolute Gasteiger partial charge is 0.164 e. The first-order chi connectivity index (χ1) is 27.2. The van der Waals surface area contributed by atoms with Gasteiger partial charge in [0.25, 0.3) is 0 Å². The van der Waals surface area contributed by atoms with Crippen molar-refractivity contribution in [1.82, 2.24) is 15.0 Å². The summed E-state index contributed by atoms with van der Waals surface area (Å²) in [5.74, 6) is 1.82. The molecule has 55 heavy (non-hydrogen) atoms. The van der Waals surface area contributed by atoms with Crippen molar-refractivity contribution in [1.29, 1.82) is 0 Å². The van der Waals surface area contributed by atoms with Crippen LogP contribution in [0.5, 0.6) is 0 Å². The summed E-state index contributed by atoms with van der Waals surface area (Å²) in [6.07, 6.45) is 0. The van der Waals surface area contributed by atoms with Crippen LogP contribution in [0.4, 0.5) is 0 Å². The molecule has 0 N–H and O–H groups in total. The average Bonchev–Trinajstić information content (AvgIpc) is 3.64. The van der Waals surface area contributed by atoms with Crippen LogP contribution >= 0.6 is 0 Å². The summed E-state index contributed by atoms with van der Waals surface area (Å²) in [6.45, 7) is 0. The van der Waals surface area contributed by atoms with Gasteiger partial charge in [-0.25, -0.2) is 15.0 Å². The Labute approximate surface area is 317 Å². The first kappa shape index (κ1) is 31.1. The highest BCUT2D eigenvalue weighted by atomic mass is 16.3. The van der Waals surface area contributed by atoms with Crippen LogP contribution in [0.25, 0.3) is 111 Å². The van der Waals surface area contributed by atoms with Gasteiger partial charge in [-0.1, -0.05) is 158 Å². The normalized spacial score (nSPS) is 11.6. The molecule has 2 heterocycles. The average molecular weight is 702 g/mol. The Morgan fingerprint density at radius 2 is 0.909 bits per heavy atom. The third kappa shape index (κ3) is 5.26. The van der Waals surface area contributed by atoms with E-state index in [1.807, 2.05) is 30.3 Å². The molecule has 0 aliphatic carbocycles. The van der Waals surface area contributed by atoms with Crippen LogP contribution in [0, 0.1) is 0 Å². The molecule has 0 aliphatic rings. The van der Waals surface area contributed by atoms with Crippen LogP contribution in [0.3, 0.4) is 0 Å². The zero-order chi connectivity index (χ0) is 36.3. The quantitative estimate of drug-likeness (QED) is 0.168. The molecule has 0 atom stereocenters. The molecule has 4 heteroatoms. The molecule has 0 saturated carbocycles. The van der Waals surface area contributed by atoms with E-state index in [4.69, 9.17) is 19.4 Å². The second-order valence-electron chi connectivity index (χ2n) is 14.0. The van der Waals surface area contributed by atoms with Crippen LogP contribution in [-0.4, -0.2) is 15.0 Å². The van der Waals surface area contributed by atoms with Gasteiger partial charge in [-0.2, -0.15) is 0 Å². The van der Waals surface area contributed by atoms with E-state index in [2.05, 4.69) is 158 Å². The highest BCUT2D eigenvalue weighted by molar-refractivity contribution is 6.31. The Hall–Kier alpha value is -7.43. The van der Waals surface area contributed by atoms with Crippen molar-refractivity contribution in [2.45, 2.75) is 0 Å². The Balaban J connectivity index is 1.25. The van der Waals surface area contributed by atoms with Crippen LogP contribution in [0.15, 0.2) is 192 Å². The molecule has 0 fully saturated rings. The fraction of sp³-hybridized carbons (Fsp3) is 0. The van der Waals surface area contributed by atoms with Crippen molar-refractivity contribution in [3.8, 4) is 56.4 Å². The predicted octanol–water partition coefficient (Wildman–Crippen LogP) is 13.6. The molecule has 0 unspecified atom stereocenters. The van der Waals surface area contributed by atoms with Gasteiger partial charge in [-0.3, -0.25) is 0 Å². The number of rotatable bonds is 5. The maximum Gasteiger partial charge on any atom is 0.164 e. The molecular weight excluding hydrogens is 671 g/mol. The van der Waals surface area contributed by atoms with Gasteiger partial charge in [0, 0.05) is 32.8 Å². The molecule has 4 nitrogen and oxygen atoms in total. The zero-order valence-electron chi connectivity index (χ0n) is 29.6. The van der Waals surface area contributed by atoms with E-state index in [0.717, 1.165) is 71.3 Å². The maximum atomic E-state index is 6.66. The Morgan fingerprint density at radius 1 is 0.291 bits per heavy atom. The minimum absolute atomic E-state index is 0.587. The molecule has 0 radical (unpaired) electrons. The van der Waals surface area contributed by atoms with E-state index in [1.54, 1.807) is 0 Å². The largest absolute Gasteiger partial charge is 0.456 e. The number of hydrogen-bond donors (Lipinski definition) is 0. The highest BCUT2D eigenvalue weighted by Crippen LogP contribution is 2.46. The molecule has 0 aliphatic heterocycles. The lowest BCUT2D eigenvalue weighted by Gasteiger charge is -2.16. The van der Waals surface area contributed by atoms with Crippen LogP contribution < -0.4 is 0 Å². The molecule has 0 amide bonds. The third-order valence-electron chi connectivity index (χ3n) is 10.7. The Morgan fingerprint density at radius 3 is 1.73 bits per heavy atom. The van der Waals surface area contributed by atoms with Crippen molar-refractivity contribution < 1.29 is 4.42 Å². The lowest BCUT2D eigenvalue weighted by molar-refractivity contribution is 0.669. The molecule has 256 valence electrons. The van der Waals surface area contributed by atoms with Gasteiger partial charge in [0.1, 0.15) is 11.2 Å². The van der Waals surface area contributed by atoms with E-state index in [-0.39, 0.29) is 0 Å². The number of fused-ring (bicyclic) bond motifs is 8. The van der Waals surface area contributed by atoms with Crippen molar-refractivity contribution in [2.75, 3.05) is 0 Å². The SMILES string of the molecule is c1ccc(-c2cccc(-c3cc4c(-c5nc(-c6ccccc6)nc(-c6ccc7ccccc7c6)n5)cc5oc6ccccc6c5c4c4ccccc34)c2)cc1. The van der Waals surface area contributed by atoms with Gasteiger partial charge in [-0.05, 0) is 79.5 Å². The van der Waals surface area contributed by atoms with Gasteiger partial charge in [0.15, 0.2) is 17.5 Å². The molecule has 11 rings (SSSR count). The van der Waals surface area contributed by atoms with Crippen molar-refractivity contribution in [2.24, 2.45) is 0 Å². The number of hydrogen-bond acceptors (Lipinski definition) is 4. The van der Waals surface area contributed by atoms with E-state index in [9.17, 15) is 0 Å². The number of nitrogens with zero attached hydrogens (tertiary/aromatic N) is 3. The summed E-state index contributed by atoms with van der Waals surface area (Å²) in [4.78, 5) is 15.6. The molecule has 0 spiro atoms. The summed E-state index contributed by atoms with van der Waals surface area (Å²) in [6, 6.07) is 65.8. The highest BCUT2D eigenvalue weighted by Gasteiger charge is 2.22. The van der Waals surface area contributed by atoms with Crippen molar-refractivity contribution in [3.05, 3.63) is 188 Å². The van der Waals surface area contributed by atoms with Crippen molar-refractivity contribution in [3.63, 3.8) is 0 Å². The molecular formula is C51H31N3O. The van der Waals surface area contributed by atoms with Crippen LogP contribution in [0.1, 0.15) is 0 Å². The molecule has 9 aromatic carbocycles. The molecule has 2 aromatic heterocycles. The van der Waals surface area contributed by atoms with E-state index in [1.165, 1.54) is 21.9 Å². The van der Waals surface area contributed by atoms with Crippen LogP contribution in [-0.2, 0) is 0 Å². The third-order valence-corrected chi connectivity index (χ3v) is 10.7. The lowest BCUT2D eigenvalue weighted by Crippen LogP contribution is -2.01. The fourth-order valence-electron chi connectivity index (χ4n) is 8.08. The van der Waals surface area contributed by atoms with Crippen molar-refractivity contribution >= 4 is 54.3 Å². The number of benzene rings is 9. The number of furan rings is 1. The van der Waals surface area contributed by atoms with Crippen LogP contribution in [0.2, 0.25) is 0 Å². The second kappa shape index (κ2) is 12.6. The summed E-state index contributed by atoms with van der Waals surface area (Å²) >= 11 is 0. The van der Waals surface area contributed by atoms with Gasteiger partial charge < -0.3 is 4.42 Å². The maximum absolute atomic E-state index is 6.66. The Kier molecular flexibility index (Phi) is 7.14. The summed E-state index contributed by atoms with van der Waals surface area (Å²) < 4.78 is 6.66. The van der Waals surface area contributed by atoms with E-state index >= 15 is 0 Å². The molecule has 0 bridgehead atoms. The van der Waals surface area contributed by atoms with Gasteiger partial charge in [0.05, 0.1) is 0 Å². The monoisotopic (exact) mass is 701 g/mol. The summed E-state index contributed by atoms with van der Waals surface area (Å²) in [5, 5.41) is 8.94. The van der Waals surface area contributed by atoms with Gasteiger partial charge in [0.2, 0.25) is 0 Å². The number of para-hydroxylation sites is 1. The second-order valence-corrected chi connectivity index (χ2v) is 14.0. The minimum Gasteiger partial charge on any atom is -0.456 e. The standard InChI is InChI=1S/C51H31N3O/c1-3-14-32(15-4-1)36-20-13-21-37(28-36)42-30-43-44(31-46-48(41-24-11-12-25-45(41)55-46)47(43)40-23-10-9-22-39(40)42)51-53-49(34-17-5-2-6-18-34)52-50(54-51)38-27-26-33-16-7-8-19-35(33)29-38/h1-31H. The molecule has 11 aromatic rings. The van der Waals surface area contributed by atoms with E-state index < -0.39 is 0 Å². The lowest BCUT2D eigenvalue weighted by atomic mass is 9.88. The number of aromatic nitrogens is 3. The van der Waals surface area contributed by atoms with E-state index in [0.29, 0.717) is 17.5 Å². The zero-order valence-corrected chi connectivity index (χ0v) is 29.6. The minimum atomic E-state index is 0.587. The first-order valence-electron chi connectivity index (χ1n) is 18.5. The Bertz CT molecular complexity index is 3260. The summed E-state index contributed by atoms with van der Waals surface area (Å²) in [5.41, 5.74) is 9.00.